The van der Waals surface area contributed by atoms with E-state index in [1.807, 2.05) is 30.3 Å². The van der Waals surface area contributed by atoms with Crippen molar-refractivity contribution in [2.24, 2.45) is 5.10 Å². The fourth-order valence-electron chi connectivity index (χ4n) is 3.31. The van der Waals surface area contributed by atoms with Crippen molar-refractivity contribution in [3.8, 4) is 0 Å². The van der Waals surface area contributed by atoms with Crippen LogP contribution in [0.2, 0.25) is 20.1 Å². The summed E-state index contributed by atoms with van der Waals surface area (Å²) in [5.41, 5.74) is 2.61. The van der Waals surface area contributed by atoms with Crippen LogP contribution in [0.1, 0.15) is 17.0 Å². The van der Waals surface area contributed by atoms with E-state index < -0.39 is 5.82 Å². The van der Waals surface area contributed by atoms with Gasteiger partial charge in [0.2, 0.25) is 5.16 Å². The second kappa shape index (κ2) is 10.2. The summed E-state index contributed by atoms with van der Waals surface area (Å²) in [5, 5.41) is 18.7. The highest BCUT2D eigenvalue weighted by molar-refractivity contribution is 8.04. The van der Waals surface area contributed by atoms with Crippen molar-refractivity contribution < 1.29 is 4.39 Å². The minimum absolute atomic E-state index is 0.0658. The van der Waals surface area contributed by atoms with E-state index in [2.05, 4.69) is 15.5 Å². The Morgan fingerprint density at radius 3 is 2.29 bits per heavy atom. The van der Waals surface area contributed by atoms with Crippen LogP contribution in [0.15, 0.2) is 75.8 Å². The zero-order chi connectivity index (χ0) is 24.5. The van der Waals surface area contributed by atoms with Crippen molar-refractivity contribution in [2.45, 2.75) is 11.7 Å². The van der Waals surface area contributed by atoms with Crippen molar-refractivity contribution in [1.82, 2.24) is 14.9 Å². The van der Waals surface area contributed by atoms with Gasteiger partial charge in [0.1, 0.15) is 11.5 Å². The fraction of sp³-hybridized carbons (Fsp3) is 0.0417. The lowest BCUT2D eigenvalue weighted by molar-refractivity contribution is 0.628. The Balaban J connectivity index is 1.56. The van der Waals surface area contributed by atoms with Crippen LogP contribution in [-0.4, -0.2) is 20.6 Å². The number of aromatic nitrogens is 3. The Bertz CT molecular complexity index is 1470. The number of nitrogens with zero attached hydrogens (tertiary/aromatic N) is 4. The molecule has 0 saturated heterocycles. The number of thioether (sulfide) groups is 1. The quantitative estimate of drug-likeness (QED) is 0.249. The Hall–Kier alpha value is -2.55. The molecule has 0 bridgehead atoms. The molecule has 0 radical (unpaired) electrons. The Morgan fingerprint density at radius 2 is 1.57 bits per heavy atom. The lowest BCUT2D eigenvalue weighted by Gasteiger charge is -2.18. The molecule has 0 unspecified atom stereocenters. The number of fused-ring (bicyclic) bond motifs is 1. The molecule has 0 fully saturated rings. The van der Waals surface area contributed by atoms with Gasteiger partial charge in [-0.15, -0.1) is 10.2 Å². The van der Waals surface area contributed by atoms with Gasteiger partial charge >= 0.3 is 0 Å². The maximum atomic E-state index is 14.4. The molecule has 3 aromatic carbocycles. The zero-order valence-electron chi connectivity index (χ0n) is 17.6. The summed E-state index contributed by atoms with van der Waals surface area (Å²) in [5.74, 6) is -0.0279. The lowest BCUT2D eigenvalue weighted by Crippen LogP contribution is -2.15. The molecule has 0 saturated carbocycles. The third-order valence-corrected chi connectivity index (χ3v) is 7.11. The van der Waals surface area contributed by atoms with Crippen LogP contribution in [0.3, 0.4) is 0 Å². The van der Waals surface area contributed by atoms with Crippen LogP contribution in [0.25, 0.3) is 6.08 Å². The van der Waals surface area contributed by atoms with E-state index in [9.17, 15) is 4.39 Å². The van der Waals surface area contributed by atoms with Crippen LogP contribution in [-0.2, 0) is 6.54 Å². The van der Waals surface area contributed by atoms with Gasteiger partial charge in [0.05, 0.1) is 16.6 Å². The average Bonchev–Trinajstić information content (AvgIpc) is 3.24. The van der Waals surface area contributed by atoms with E-state index in [1.54, 1.807) is 28.9 Å². The number of hydrogen-bond acceptors (Lipinski definition) is 5. The van der Waals surface area contributed by atoms with Gasteiger partial charge in [-0.05, 0) is 71.9 Å². The monoisotopic (exact) mass is 563 g/mol. The SMILES string of the molecule is Fc1cc(C2=Nn3c(CNc4ccc(Cl)cc4)nnc3S/C2=C\c2ccc(Cl)cc2)c(Cl)cc1Cl. The molecule has 1 aliphatic heterocycles. The Kier molecular flexibility index (Phi) is 7.05. The third-order valence-electron chi connectivity index (χ3n) is 5.04. The highest BCUT2D eigenvalue weighted by atomic mass is 35.5. The molecule has 1 N–H and O–H groups in total. The molecular formula is C24H14Cl4FN5S. The Labute approximate surface area is 224 Å². The molecule has 5 rings (SSSR count). The molecule has 1 aromatic heterocycles. The van der Waals surface area contributed by atoms with E-state index in [0.29, 0.717) is 43.8 Å². The topological polar surface area (TPSA) is 55.1 Å². The third kappa shape index (κ3) is 5.34. The van der Waals surface area contributed by atoms with Crippen LogP contribution in [0, 0.1) is 5.82 Å². The van der Waals surface area contributed by atoms with Gasteiger partial charge in [0.15, 0.2) is 5.82 Å². The van der Waals surface area contributed by atoms with Gasteiger partial charge in [-0.3, -0.25) is 0 Å². The van der Waals surface area contributed by atoms with E-state index >= 15 is 0 Å². The molecule has 5 nitrogen and oxygen atoms in total. The number of halogens is 5. The van der Waals surface area contributed by atoms with Gasteiger partial charge in [0, 0.05) is 26.2 Å². The molecule has 0 spiro atoms. The highest BCUT2D eigenvalue weighted by Gasteiger charge is 2.26. The number of allylic oxidation sites excluding steroid dienone is 1. The van der Waals surface area contributed by atoms with E-state index in [4.69, 9.17) is 51.5 Å². The summed E-state index contributed by atoms with van der Waals surface area (Å²) < 4.78 is 16.0. The van der Waals surface area contributed by atoms with Gasteiger partial charge in [-0.25, -0.2) is 4.39 Å². The predicted molar refractivity (Wildman–Crippen MR) is 142 cm³/mol. The van der Waals surface area contributed by atoms with Crippen molar-refractivity contribution in [3.05, 3.63) is 108 Å². The smallest absolute Gasteiger partial charge is 0.217 e. The second-order valence-electron chi connectivity index (χ2n) is 7.43. The first-order valence-corrected chi connectivity index (χ1v) is 12.5. The van der Waals surface area contributed by atoms with Gasteiger partial charge in [-0.1, -0.05) is 58.5 Å². The minimum atomic E-state index is -0.594. The summed E-state index contributed by atoms with van der Waals surface area (Å²) in [6.45, 7) is 0.352. The second-order valence-corrected chi connectivity index (χ2v) is 10.1. The van der Waals surface area contributed by atoms with E-state index in [1.165, 1.54) is 23.9 Å². The average molecular weight is 565 g/mol. The lowest BCUT2D eigenvalue weighted by atomic mass is 10.1. The summed E-state index contributed by atoms with van der Waals surface area (Å²) in [6, 6.07) is 17.3. The maximum Gasteiger partial charge on any atom is 0.217 e. The summed E-state index contributed by atoms with van der Waals surface area (Å²) in [7, 11) is 0. The van der Waals surface area contributed by atoms with E-state index in [-0.39, 0.29) is 10.0 Å². The minimum Gasteiger partial charge on any atom is -0.378 e. The molecule has 4 aromatic rings. The van der Waals surface area contributed by atoms with Crippen molar-refractivity contribution >= 4 is 75.6 Å². The normalized spacial score (nSPS) is 14.1. The molecule has 1 aliphatic rings. The molecule has 2 heterocycles. The number of nitrogens with one attached hydrogen (secondary N) is 1. The maximum absolute atomic E-state index is 14.4. The van der Waals surface area contributed by atoms with E-state index in [0.717, 1.165) is 11.3 Å². The fourth-order valence-corrected chi connectivity index (χ4v) is 4.99. The number of anilines is 1. The number of hydrogen-bond donors (Lipinski definition) is 1. The predicted octanol–water partition coefficient (Wildman–Crippen LogP) is 8.04. The number of benzene rings is 3. The first-order chi connectivity index (χ1) is 16.9. The molecule has 0 atom stereocenters. The Morgan fingerprint density at radius 1 is 0.886 bits per heavy atom. The first-order valence-electron chi connectivity index (χ1n) is 10.2. The summed E-state index contributed by atoms with van der Waals surface area (Å²) >= 11 is 25.7. The highest BCUT2D eigenvalue weighted by Crippen LogP contribution is 2.37. The van der Waals surface area contributed by atoms with Crippen molar-refractivity contribution in [2.75, 3.05) is 5.32 Å². The summed E-state index contributed by atoms with van der Waals surface area (Å²) in [4.78, 5) is 0.716. The van der Waals surface area contributed by atoms with Crippen molar-refractivity contribution in [1.29, 1.82) is 0 Å². The van der Waals surface area contributed by atoms with Gasteiger partial charge in [-0.2, -0.15) is 9.78 Å². The summed E-state index contributed by atoms with van der Waals surface area (Å²) in [6.07, 6.45) is 1.91. The molecular weight excluding hydrogens is 551 g/mol. The largest absolute Gasteiger partial charge is 0.378 e. The van der Waals surface area contributed by atoms with Crippen LogP contribution >= 0.6 is 58.2 Å². The molecule has 0 amide bonds. The molecule has 176 valence electrons. The standard InChI is InChI=1S/C24H14Cl4FN5S/c25-14-3-1-13(2-4-14)9-21-23(17-10-20(29)19(28)11-18(17)27)33-34-22(31-32-24(34)35-21)12-30-16-7-5-15(26)6-8-16/h1-11,30H,12H2/b21-9-. The van der Waals surface area contributed by atoms with Gasteiger partial charge in [0.25, 0.3) is 0 Å². The first kappa shape index (κ1) is 24.2. The molecule has 35 heavy (non-hydrogen) atoms. The zero-order valence-corrected chi connectivity index (χ0v) is 21.5. The molecule has 0 aliphatic carbocycles. The van der Waals surface area contributed by atoms with Crippen LogP contribution in [0.5, 0.6) is 0 Å². The van der Waals surface area contributed by atoms with Crippen LogP contribution < -0.4 is 5.32 Å². The van der Waals surface area contributed by atoms with Crippen LogP contribution in [0.4, 0.5) is 10.1 Å². The van der Waals surface area contributed by atoms with Gasteiger partial charge < -0.3 is 5.32 Å². The number of rotatable bonds is 5. The van der Waals surface area contributed by atoms with Crippen molar-refractivity contribution in [3.63, 3.8) is 0 Å². The molecule has 11 heteroatoms.